The molecule has 0 saturated carbocycles. The van der Waals surface area contributed by atoms with Crippen molar-refractivity contribution in [2.75, 3.05) is 5.32 Å². The van der Waals surface area contributed by atoms with Gasteiger partial charge < -0.3 is 10.1 Å². The molecule has 5 nitrogen and oxygen atoms in total. The first-order valence-corrected chi connectivity index (χ1v) is 9.47. The summed E-state index contributed by atoms with van der Waals surface area (Å²) in [7, 11) is 0. The summed E-state index contributed by atoms with van der Waals surface area (Å²) in [4.78, 5) is 12.6. The van der Waals surface area contributed by atoms with Crippen LogP contribution in [0.1, 0.15) is 15.9 Å². The monoisotopic (exact) mass is 383 g/mol. The minimum Gasteiger partial charge on any atom is -0.457 e. The van der Waals surface area contributed by atoms with Gasteiger partial charge >= 0.3 is 0 Å². The van der Waals surface area contributed by atoms with E-state index in [2.05, 4.69) is 22.5 Å². The summed E-state index contributed by atoms with van der Waals surface area (Å²) in [5, 5.41) is 7.22. The van der Waals surface area contributed by atoms with Gasteiger partial charge in [-0.3, -0.25) is 9.48 Å². The molecule has 0 bridgehead atoms. The maximum atomic E-state index is 12.6. The average molecular weight is 383 g/mol. The number of carbonyl (C=O) groups is 1. The standard InChI is InChI=1S/C24H21N3O2/c28-24(20-10-7-13-23(16-20)29-22-11-5-2-6-12-22)26-21-17-25-27(18-21)15-14-19-8-3-1-4-9-19/h1-13,16-18H,14-15H2,(H,26,28). The molecule has 0 aliphatic rings. The number of ether oxygens (including phenoxy) is 1. The third-order valence-corrected chi connectivity index (χ3v) is 4.44. The number of rotatable bonds is 7. The fourth-order valence-corrected chi connectivity index (χ4v) is 2.97. The van der Waals surface area contributed by atoms with Crippen LogP contribution in [0.5, 0.6) is 11.5 Å². The van der Waals surface area contributed by atoms with E-state index in [4.69, 9.17) is 4.74 Å². The third-order valence-electron chi connectivity index (χ3n) is 4.44. The van der Waals surface area contributed by atoms with Gasteiger partial charge in [0.1, 0.15) is 11.5 Å². The minimum atomic E-state index is -0.203. The quantitative estimate of drug-likeness (QED) is 0.479. The van der Waals surface area contributed by atoms with Gasteiger partial charge in [-0.25, -0.2) is 0 Å². The van der Waals surface area contributed by atoms with Gasteiger partial charge in [0, 0.05) is 18.3 Å². The lowest BCUT2D eigenvalue weighted by atomic mass is 10.1. The highest BCUT2D eigenvalue weighted by Gasteiger charge is 2.09. The number of amides is 1. The number of carbonyl (C=O) groups excluding carboxylic acids is 1. The summed E-state index contributed by atoms with van der Waals surface area (Å²) in [5.41, 5.74) is 2.44. The molecule has 1 aromatic heterocycles. The molecule has 0 radical (unpaired) electrons. The number of anilines is 1. The molecular formula is C24H21N3O2. The van der Waals surface area contributed by atoms with Crippen LogP contribution in [-0.2, 0) is 13.0 Å². The number of nitrogens with one attached hydrogen (secondary N) is 1. The zero-order chi connectivity index (χ0) is 19.9. The molecule has 4 rings (SSSR count). The molecule has 1 heterocycles. The summed E-state index contributed by atoms with van der Waals surface area (Å²) >= 11 is 0. The predicted molar refractivity (Wildman–Crippen MR) is 113 cm³/mol. The molecule has 0 atom stereocenters. The number of hydrogen-bond donors (Lipinski definition) is 1. The largest absolute Gasteiger partial charge is 0.457 e. The van der Waals surface area contributed by atoms with Crippen LogP contribution < -0.4 is 10.1 Å². The Morgan fingerprint density at radius 2 is 1.62 bits per heavy atom. The molecule has 29 heavy (non-hydrogen) atoms. The molecule has 1 amide bonds. The second-order valence-corrected chi connectivity index (χ2v) is 6.62. The molecule has 4 aromatic rings. The Morgan fingerprint density at radius 3 is 2.41 bits per heavy atom. The normalized spacial score (nSPS) is 10.5. The van der Waals surface area contributed by atoms with Crippen molar-refractivity contribution in [3.05, 3.63) is 108 Å². The van der Waals surface area contributed by atoms with E-state index in [0.717, 1.165) is 18.7 Å². The van der Waals surface area contributed by atoms with Crippen molar-refractivity contribution < 1.29 is 9.53 Å². The molecule has 0 fully saturated rings. The van der Waals surface area contributed by atoms with Crippen LogP contribution in [0.4, 0.5) is 5.69 Å². The first-order chi connectivity index (χ1) is 14.3. The summed E-state index contributed by atoms with van der Waals surface area (Å²) in [5.74, 6) is 1.14. The lowest BCUT2D eigenvalue weighted by molar-refractivity contribution is 0.102. The number of benzene rings is 3. The molecule has 0 unspecified atom stereocenters. The maximum Gasteiger partial charge on any atom is 0.255 e. The van der Waals surface area contributed by atoms with Gasteiger partial charge in [0.25, 0.3) is 5.91 Å². The number of para-hydroxylation sites is 1. The molecular weight excluding hydrogens is 362 g/mol. The van der Waals surface area contributed by atoms with Gasteiger partial charge in [-0.2, -0.15) is 5.10 Å². The Bertz CT molecular complexity index is 1080. The number of aromatic nitrogens is 2. The summed E-state index contributed by atoms with van der Waals surface area (Å²) in [6.07, 6.45) is 4.38. The van der Waals surface area contributed by atoms with Gasteiger partial charge in [0.2, 0.25) is 0 Å². The predicted octanol–water partition coefficient (Wildman–Crippen LogP) is 5.17. The SMILES string of the molecule is O=C(Nc1cnn(CCc2ccccc2)c1)c1cccc(Oc2ccccc2)c1. The van der Waals surface area contributed by atoms with E-state index in [1.54, 1.807) is 24.4 Å². The van der Waals surface area contributed by atoms with Crippen molar-refractivity contribution in [1.29, 1.82) is 0 Å². The number of aryl methyl sites for hydroxylation is 2. The first-order valence-electron chi connectivity index (χ1n) is 9.47. The van der Waals surface area contributed by atoms with Crippen LogP contribution in [0.25, 0.3) is 0 Å². The third kappa shape index (κ3) is 5.11. The van der Waals surface area contributed by atoms with Crippen LogP contribution in [0.3, 0.4) is 0 Å². The van der Waals surface area contributed by atoms with E-state index in [-0.39, 0.29) is 5.91 Å². The second-order valence-electron chi connectivity index (χ2n) is 6.62. The molecule has 144 valence electrons. The van der Waals surface area contributed by atoms with Crippen LogP contribution in [0.15, 0.2) is 97.3 Å². The number of hydrogen-bond acceptors (Lipinski definition) is 3. The first kappa shape index (κ1) is 18.5. The van der Waals surface area contributed by atoms with Gasteiger partial charge in [0.15, 0.2) is 0 Å². The Kier molecular flexibility index (Phi) is 5.67. The van der Waals surface area contributed by atoms with Crippen LogP contribution in [-0.4, -0.2) is 15.7 Å². The molecule has 0 aliphatic heterocycles. The van der Waals surface area contributed by atoms with Crippen LogP contribution in [0.2, 0.25) is 0 Å². The molecule has 3 aromatic carbocycles. The zero-order valence-electron chi connectivity index (χ0n) is 15.9. The molecule has 0 aliphatic carbocycles. The van der Waals surface area contributed by atoms with Crippen molar-refractivity contribution in [3.8, 4) is 11.5 Å². The van der Waals surface area contributed by atoms with Gasteiger partial charge in [-0.05, 0) is 42.3 Å². The lowest BCUT2D eigenvalue weighted by Gasteiger charge is -2.07. The van der Waals surface area contributed by atoms with Gasteiger partial charge in [0.05, 0.1) is 11.9 Å². The molecule has 5 heteroatoms. The van der Waals surface area contributed by atoms with Crippen LogP contribution in [0, 0.1) is 0 Å². The highest BCUT2D eigenvalue weighted by Crippen LogP contribution is 2.22. The summed E-state index contributed by atoms with van der Waals surface area (Å²) in [6, 6.07) is 26.8. The lowest BCUT2D eigenvalue weighted by Crippen LogP contribution is -2.11. The van der Waals surface area contributed by atoms with Crippen molar-refractivity contribution in [2.24, 2.45) is 0 Å². The maximum absolute atomic E-state index is 12.6. The Morgan fingerprint density at radius 1 is 0.897 bits per heavy atom. The fourth-order valence-electron chi connectivity index (χ4n) is 2.97. The van der Waals surface area contributed by atoms with Crippen molar-refractivity contribution in [1.82, 2.24) is 9.78 Å². The topological polar surface area (TPSA) is 56.2 Å². The van der Waals surface area contributed by atoms with E-state index >= 15 is 0 Å². The average Bonchev–Trinajstić information content (AvgIpc) is 3.21. The second kappa shape index (κ2) is 8.89. The molecule has 0 spiro atoms. The zero-order valence-corrected chi connectivity index (χ0v) is 15.9. The summed E-state index contributed by atoms with van der Waals surface area (Å²) in [6.45, 7) is 0.750. The van der Waals surface area contributed by atoms with Crippen molar-refractivity contribution >= 4 is 11.6 Å². The number of nitrogens with zero attached hydrogens (tertiary/aromatic N) is 2. The van der Waals surface area contributed by atoms with Crippen molar-refractivity contribution in [2.45, 2.75) is 13.0 Å². The van der Waals surface area contributed by atoms with E-state index in [9.17, 15) is 4.79 Å². The van der Waals surface area contributed by atoms with Gasteiger partial charge in [-0.1, -0.05) is 54.6 Å². The molecule has 0 saturated heterocycles. The Balaban J connectivity index is 1.37. The highest BCUT2D eigenvalue weighted by molar-refractivity contribution is 6.04. The Labute approximate surface area is 169 Å². The highest BCUT2D eigenvalue weighted by atomic mass is 16.5. The summed E-state index contributed by atoms with van der Waals surface area (Å²) < 4.78 is 7.63. The fraction of sp³-hybridized carbons (Fsp3) is 0.0833. The van der Waals surface area contributed by atoms with E-state index in [1.165, 1.54) is 5.56 Å². The molecule has 1 N–H and O–H groups in total. The van der Waals surface area contributed by atoms with Gasteiger partial charge in [-0.15, -0.1) is 0 Å². The minimum absolute atomic E-state index is 0.203. The van der Waals surface area contributed by atoms with E-state index in [0.29, 0.717) is 17.0 Å². The van der Waals surface area contributed by atoms with E-state index < -0.39 is 0 Å². The van der Waals surface area contributed by atoms with Crippen molar-refractivity contribution in [3.63, 3.8) is 0 Å². The van der Waals surface area contributed by atoms with Crippen LogP contribution >= 0.6 is 0 Å². The smallest absolute Gasteiger partial charge is 0.255 e. The van der Waals surface area contributed by atoms with E-state index in [1.807, 2.05) is 65.5 Å². The Hall–Kier alpha value is -3.86.